The van der Waals surface area contributed by atoms with Crippen molar-refractivity contribution in [2.75, 3.05) is 0 Å². The standard InChI is InChI=1S/C14H18ClO/c1-2-11-10-13(8-9-14(11)15)16-12-6-4-3-5-7-12/h8-10H,2-7H2,1H3. The minimum atomic E-state index is 0.837. The number of rotatable bonds is 3. The SMILES string of the molecule is CCc1cc(O[C]2CCCCC2)ccc1Cl. The van der Waals surface area contributed by atoms with E-state index < -0.39 is 0 Å². The van der Waals surface area contributed by atoms with Gasteiger partial charge in [-0.2, -0.15) is 0 Å². The molecule has 1 radical (unpaired) electrons. The first-order chi connectivity index (χ1) is 7.79. The average molecular weight is 238 g/mol. The Hall–Kier alpha value is -0.690. The Morgan fingerprint density at radius 3 is 2.62 bits per heavy atom. The Kier molecular flexibility index (Phi) is 4.11. The zero-order valence-corrected chi connectivity index (χ0v) is 10.5. The summed E-state index contributed by atoms with van der Waals surface area (Å²) < 4.78 is 5.91. The van der Waals surface area contributed by atoms with Gasteiger partial charge in [-0.15, -0.1) is 0 Å². The zero-order chi connectivity index (χ0) is 11.4. The molecule has 0 unspecified atom stereocenters. The minimum absolute atomic E-state index is 0.837. The normalized spacial score (nSPS) is 17.4. The number of aryl methyl sites for hydroxylation is 1. The summed E-state index contributed by atoms with van der Waals surface area (Å²) in [6.07, 6.45) is 8.29. The van der Waals surface area contributed by atoms with Crippen LogP contribution >= 0.6 is 11.6 Å². The molecule has 87 valence electrons. The molecule has 0 spiro atoms. The number of hydrogen-bond donors (Lipinski definition) is 0. The van der Waals surface area contributed by atoms with Crippen LogP contribution in [0.25, 0.3) is 0 Å². The number of halogens is 1. The molecule has 1 aliphatic carbocycles. The second kappa shape index (κ2) is 5.58. The maximum atomic E-state index is 6.08. The maximum absolute atomic E-state index is 6.08. The first kappa shape index (κ1) is 11.8. The third kappa shape index (κ3) is 2.91. The molecule has 1 saturated carbocycles. The van der Waals surface area contributed by atoms with Gasteiger partial charge in [-0.25, -0.2) is 0 Å². The van der Waals surface area contributed by atoms with Crippen molar-refractivity contribution in [3.63, 3.8) is 0 Å². The predicted octanol–water partition coefficient (Wildman–Crippen LogP) is 4.78. The fraction of sp³-hybridized carbons (Fsp3) is 0.500. The van der Waals surface area contributed by atoms with Crippen molar-refractivity contribution in [1.82, 2.24) is 0 Å². The molecule has 0 aromatic heterocycles. The second-order valence-corrected chi connectivity index (χ2v) is 4.72. The summed E-state index contributed by atoms with van der Waals surface area (Å²) in [7, 11) is 0. The lowest BCUT2D eigenvalue weighted by atomic mass is 9.98. The van der Waals surface area contributed by atoms with Gasteiger partial charge < -0.3 is 4.74 Å². The van der Waals surface area contributed by atoms with Gasteiger partial charge >= 0.3 is 0 Å². The molecule has 1 aromatic rings. The predicted molar refractivity (Wildman–Crippen MR) is 67.8 cm³/mol. The van der Waals surface area contributed by atoms with Gasteiger partial charge in [0.2, 0.25) is 0 Å². The molecule has 0 amide bonds. The molecule has 0 atom stereocenters. The molecule has 2 heteroatoms. The monoisotopic (exact) mass is 237 g/mol. The quantitative estimate of drug-likeness (QED) is 0.735. The number of benzene rings is 1. The number of hydrogen-bond acceptors (Lipinski definition) is 1. The summed E-state index contributed by atoms with van der Waals surface area (Å²) in [5.74, 6) is 0.943. The van der Waals surface area contributed by atoms with Gasteiger partial charge in [0.25, 0.3) is 0 Å². The highest BCUT2D eigenvalue weighted by molar-refractivity contribution is 6.31. The zero-order valence-electron chi connectivity index (χ0n) is 9.76. The molecular weight excluding hydrogens is 220 g/mol. The van der Waals surface area contributed by atoms with Gasteiger partial charge in [-0.05, 0) is 55.9 Å². The topological polar surface area (TPSA) is 9.23 Å². The molecule has 1 aliphatic rings. The lowest BCUT2D eigenvalue weighted by Gasteiger charge is -2.21. The van der Waals surface area contributed by atoms with Gasteiger partial charge in [0.1, 0.15) is 11.9 Å². The van der Waals surface area contributed by atoms with Crippen molar-refractivity contribution >= 4 is 11.6 Å². The van der Waals surface area contributed by atoms with E-state index in [2.05, 4.69) is 13.0 Å². The van der Waals surface area contributed by atoms with E-state index in [-0.39, 0.29) is 0 Å². The van der Waals surface area contributed by atoms with Crippen LogP contribution in [-0.2, 0) is 6.42 Å². The molecule has 1 nitrogen and oxygen atoms in total. The Bertz CT molecular complexity index is 343. The van der Waals surface area contributed by atoms with Crippen molar-refractivity contribution < 1.29 is 4.74 Å². The minimum Gasteiger partial charge on any atom is -0.483 e. The first-order valence-electron chi connectivity index (χ1n) is 6.10. The Balaban J connectivity index is 2.03. The van der Waals surface area contributed by atoms with Gasteiger partial charge in [0, 0.05) is 5.02 Å². The van der Waals surface area contributed by atoms with Crippen LogP contribution in [0.2, 0.25) is 5.02 Å². The summed E-state index contributed by atoms with van der Waals surface area (Å²) in [4.78, 5) is 0. The Labute approximate surface area is 103 Å². The van der Waals surface area contributed by atoms with Gasteiger partial charge in [-0.3, -0.25) is 0 Å². The molecule has 0 aliphatic heterocycles. The van der Waals surface area contributed by atoms with Crippen molar-refractivity contribution in [2.45, 2.75) is 45.4 Å². The molecule has 0 heterocycles. The van der Waals surface area contributed by atoms with Gasteiger partial charge in [0.15, 0.2) is 0 Å². The van der Waals surface area contributed by atoms with Crippen LogP contribution in [0.5, 0.6) is 5.75 Å². The van der Waals surface area contributed by atoms with E-state index in [1.807, 2.05) is 12.1 Å². The maximum Gasteiger partial charge on any atom is 0.148 e. The molecule has 1 aromatic carbocycles. The van der Waals surface area contributed by atoms with E-state index in [0.29, 0.717) is 0 Å². The summed E-state index contributed by atoms with van der Waals surface area (Å²) in [6.45, 7) is 2.11. The summed E-state index contributed by atoms with van der Waals surface area (Å²) in [5.41, 5.74) is 1.16. The molecule has 1 fully saturated rings. The van der Waals surface area contributed by atoms with E-state index in [4.69, 9.17) is 16.3 Å². The number of ether oxygens (including phenoxy) is 1. The van der Waals surface area contributed by atoms with Crippen molar-refractivity contribution in [3.8, 4) is 5.75 Å². The Morgan fingerprint density at radius 2 is 1.94 bits per heavy atom. The molecule has 0 saturated heterocycles. The molecule has 0 bridgehead atoms. The van der Waals surface area contributed by atoms with Crippen LogP contribution in [0.1, 0.15) is 44.6 Å². The van der Waals surface area contributed by atoms with Crippen LogP contribution in [0, 0.1) is 6.10 Å². The fourth-order valence-corrected chi connectivity index (χ4v) is 2.35. The fourth-order valence-electron chi connectivity index (χ4n) is 2.10. The molecule has 0 N–H and O–H groups in total. The van der Waals surface area contributed by atoms with E-state index in [1.54, 1.807) is 0 Å². The summed E-state index contributed by atoms with van der Waals surface area (Å²) >= 11 is 6.08. The third-order valence-electron chi connectivity index (χ3n) is 3.07. The smallest absolute Gasteiger partial charge is 0.148 e. The average Bonchev–Trinajstić information content (AvgIpc) is 2.33. The highest BCUT2D eigenvalue weighted by Crippen LogP contribution is 2.30. The lowest BCUT2D eigenvalue weighted by molar-refractivity contribution is 0.259. The van der Waals surface area contributed by atoms with Crippen LogP contribution in [0.3, 0.4) is 0 Å². The van der Waals surface area contributed by atoms with Crippen LogP contribution in [-0.4, -0.2) is 0 Å². The summed E-state index contributed by atoms with van der Waals surface area (Å²) in [5, 5.41) is 0.837. The van der Waals surface area contributed by atoms with E-state index in [0.717, 1.165) is 35.6 Å². The van der Waals surface area contributed by atoms with Crippen molar-refractivity contribution in [2.24, 2.45) is 0 Å². The van der Waals surface area contributed by atoms with Crippen LogP contribution in [0.4, 0.5) is 0 Å². The second-order valence-electron chi connectivity index (χ2n) is 4.31. The van der Waals surface area contributed by atoms with Crippen molar-refractivity contribution in [1.29, 1.82) is 0 Å². The molecular formula is C14H18ClO. The largest absolute Gasteiger partial charge is 0.483 e. The molecule has 16 heavy (non-hydrogen) atoms. The highest BCUT2D eigenvalue weighted by atomic mass is 35.5. The Morgan fingerprint density at radius 1 is 1.19 bits per heavy atom. The highest BCUT2D eigenvalue weighted by Gasteiger charge is 2.16. The van der Waals surface area contributed by atoms with E-state index >= 15 is 0 Å². The van der Waals surface area contributed by atoms with E-state index in [9.17, 15) is 0 Å². The van der Waals surface area contributed by atoms with Gasteiger partial charge in [-0.1, -0.05) is 24.9 Å². The van der Waals surface area contributed by atoms with Crippen molar-refractivity contribution in [3.05, 3.63) is 34.9 Å². The van der Waals surface area contributed by atoms with Crippen LogP contribution in [0.15, 0.2) is 18.2 Å². The lowest BCUT2D eigenvalue weighted by Crippen LogP contribution is -2.10. The van der Waals surface area contributed by atoms with Crippen LogP contribution < -0.4 is 4.74 Å². The van der Waals surface area contributed by atoms with Gasteiger partial charge in [0.05, 0.1) is 0 Å². The van der Waals surface area contributed by atoms with E-state index in [1.165, 1.54) is 25.4 Å². The first-order valence-corrected chi connectivity index (χ1v) is 6.48. The summed E-state index contributed by atoms with van der Waals surface area (Å²) in [6, 6.07) is 5.95. The molecule has 2 rings (SSSR count). The third-order valence-corrected chi connectivity index (χ3v) is 3.44.